The number of halogens is 2. The molecule has 104 valence electrons. The quantitative estimate of drug-likeness (QED) is 0.906. The zero-order chi connectivity index (χ0) is 14.7. The highest BCUT2D eigenvalue weighted by atomic mass is 35.5. The number of carbonyl (C=O) groups is 2. The Hall–Kier alpha value is -1.92. The van der Waals surface area contributed by atoms with Crippen molar-refractivity contribution in [3.63, 3.8) is 0 Å². The molecule has 0 spiro atoms. The first kappa shape index (κ1) is 14.5. The van der Waals surface area contributed by atoms with Crippen LogP contribution in [0.5, 0.6) is 0 Å². The summed E-state index contributed by atoms with van der Waals surface area (Å²) in [5.74, 6) is -1.31. The van der Waals surface area contributed by atoms with E-state index in [1.54, 1.807) is 12.1 Å². The van der Waals surface area contributed by atoms with Gasteiger partial charge in [-0.05, 0) is 30.3 Å². The summed E-state index contributed by atoms with van der Waals surface area (Å²) >= 11 is 6.89. The number of hydrogen-bond donors (Lipinski definition) is 2. The van der Waals surface area contributed by atoms with E-state index in [0.29, 0.717) is 14.9 Å². The lowest BCUT2D eigenvalue weighted by Crippen LogP contribution is -2.12. The van der Waals surface area contributed by atoms with Gasteiger partial charge in [0.15, 0.2) is 0 Å². The van der Waals surface area contributed by atoms with Gasteiger partial charge in [0, 0.05) is 12.6 Å². The molecule has 2 amide bonds. The average Bonchev–Trinajstić information content (AvgIpc) is 2.79. The molecule has 0 atom stereocenters. The zero-order valence-corrected chi connectivity index (χ0v) is 11.9. The fourth-order valence-electron chi connectivity index (χ4n) is 1.52. The van der Waals surface area contributed by atoms with Crippen LogP contribution in [0, 0.1) is 5.82 Å². The number of carbonyl (C=O) groups excluding carboxylic acids is 2. The molecule has 0 saturated carbocycles. The van der Waals surface area contributed by atoms with Gasteiger partial charge in [-0.1, -0.05) is 11.6 Å². The largest absolute Gasteiger partial charge is 0.324 e. The topological polar surface area (TPSA) is 58.2 Å². The molecule has 0 aliphatic rings. The molecule has 0 saturated heterocycles. The van der Waals surface area contributed by atoms with Crippen molar-refractivity contribution in [2.45, 2.75) is 6.92 Å². The fourth-order valence-corrected chi connectivity index (χ4v) is 2.46. The molecule has 7 heteroatoms. The summed E-state index contributed by atoms with van der Waals surface area (Å²) in [5.41, 5.74) is 0.393. The first-order valence-corrected chi connectivity index (χ1v) is 6.79. The lowest BCUT2D eigenvalue weighted by atomic mass is 10.2. The van der Waals surface area contributed by atoms with E-state index in [1.165, 1.54) is 25.1 Å². The van der Waals surface area contributed by atoms with Crippen molar-refractivity contribution in [2.24, 2.45) is 0 Å². The Balaban J connectivity index is 2.17. The van der Waals surface area contributed by atoms with Crippen molar-refractivity contribution in [1.29, 1.82) is 0 Å². The molecule has 4 nitrogen and oxygen atoms in total. The Bertz CT molecular complexity index is 672. The molecule has 2 aromatic rings. The fraction of sp³-hybridized carbons (Fsp3) is 0.0769. The highest BCUT2D eigenvalue weighted by Gasteiger charge is 2.11. The van der Waals surface area contributed by atoms with Crippen LogP contribution in [0.15, 0.2) is 30.3 Å². The van der Waals surface area contributed by atoms with E-state index >= 15 is 0 Å². The summed E-state index contributed by atoms with van der Waals surface area (Å²) in [6.45, 7) is 1.28. The van der Waals surface area contributed by atoms with Gasteiger partial charge in [-0.15, -0.1) is 11.3 Å². The number of anilines is 2. The molecule has 0 fully saturated rings. The first-order valence-electron chi connectivity index (χ1n) is 5.59. The van der Waals surface area contributed by atoms with E-state index < -0.39 is 11.7 Å². The minimum Gasteiger partial charge on any atom is -0.324 e. The van der Waals surface area contributed by atoms with E-state index in [-0.39, 0.29) is 11.6 Å². The number of benzene rings is 1. The maximum Gasteiger partial charge on any atom is 0.265 e. The molecule has 0 aliphatic heterocycles. The third-order valence-electron chi connectivity index (χ3n) is 2.33. The van der Waals surface area contributed by atoms with Crippen LogP contribution in [0.2, 0.25) is 4.34 Å². The molecule has 0 radical (unpaired) electrons. The predicted octanol–water partition coefficient (Wildman–Crippen LogP) is 3.75. The summed E-state index contributed by atoms with van der Waals surface area (Å²) < 4.78 is 14.0. The zero-order valence-electron chi connectivity index (χ0n) is 10.4. The van der Waals surface area contributed by atoms with Crippen LogP contribution in [0.4, 0.5) is 15.8 Å². The smallest absolute Gasteiger partial charge is 0.265 e. The third-order valence-corrected chi connectivity index (χ3v) is 3.56. The van der Waals surface area contributed by atoms with Crippen LogP contribution in [0.25, 0.3) is 0 Å². The number of thiophene rings is 1. The van der Waals surface area contributed by atoms with E-state index in [2.05, 4.69) is 10.6 Å². The SMILES string of the molecule is CC(=O)Nc1cc(NC(=O)c2ccc(Cl)s2)ccc1F. The number of amides is 2. The third kappa shape index (κ3) is 3.55. The second kappa shape index (κ2) is 6.02. The monoisotopic (exact) mass is 312 g/mol. The highest BCUT2D eigenvalue weighted by Crippen LogP contribution is 2.24. The predicted molar refractivity (Wildman–Crippen MR) is 78.0 cm³/mol. The van der Waals surface area contributed by atoms with Gasteiger partial charge in [-0.3, -0.25) is 9.59 Å². The van der Waals surface area contributed by atoms with Crippen molar-refractivity contribution in [1.82, 2.24) is 0 Å². The molecule has 20 heavy (non-hydrogen) atoms. The molecule has 0 aliphatic carbocycles. The van der Waals surface area contributed by atoms with Crippen molar-refractivity contribution >= 4 is 46.1 Å². The Morgan fingerprint density at radius 2 is 1.95 bits per heavy atom. The van der Waals surface area contributed by atoms with Crippen LogP contribution in [-0.2, 0) is 4.79 Å². The second-order valence-electron chi connectivity index (χ2n) is 3.93. The van der Waals surface area contributed by atoms with E-state index in [0.717, 1.165) is 11.3 Å². The number of rotatable bonds is 3. The molecular weight excluding hydrogens is 303 g/mol. The molecule has 0 unspecified atom stereocenters. The van der Waals surface area contributed by atoms with Crippen molar-refractivity contribution in [2.75, 3.05) is 10.6 Å². The number of hydrogen-bond acceptors (Lipinski definition) is 3. The minimum absolute atomic E-state index is 0.0134. The summed E-state index contributed by atoms with van der Waals surface area (Å²) in [5, 5.41) is 4.95. The maximum absolute atomic E-state index is 13.5. The van der Waals surface area contributed by atoms with Crippen LogP contribution >= 0.6 is 22.9 Å². The second-order valence-corrected chi connectivity index (χ2v) is 5.65. The summed E-state index contributed by atoms with van der Waals surface area (Å²) in [7, 11) is 0. The molecule has 2 rings (SSSR count). The summed E-state index contributed by atoms with van der Waals surface area (Å²) in [6.07, 6.45) is 0. The summed E-state index contributed by atoms with van der Waals surface area (Å²) in [6, 6.07) is 7.15. The van der Waals surface area contributed by atoms with Crippen molar-refractivity contribution in [3.05, 3.63) is 45.4 Å². The first-order chi connectivity index (χ1) is 9.45. The van der Waals surface area contributed by atoms with Gasteiger partial charge in [0.05, 0.1) is 14.9 Å². The minimum atomic E-state index is -0.572. The molecule has 1 heterocycles. The normalized spacial score (nSPS) is 10.2. The van der Waals surface area contributed by atoms with Crippen LogP contribution < -0.4 is 10.6 Å². The van der Waals surface area contributed by atoms with Crippen LogP contribution in [0.1, 0.15) is 16.6 Å². The van der Waals surface area contributed by atoms with Gasteiger partial charge >= 0.3 is 0 Å². The van der Waals surface area contributed by atoms with E-state index in [4.69, 9.17) is 11.6 Å². The molecular formula is C13H10ClFN2O2S. The van der Waals surface area contributed by atoms with Gasteiger partial charge in [0.25, 0.3) is 5.91 Å². The van der Waals surface area contributed by atoms with Gasteiger partial charge in [0.1, 0.15) is 5.82 Å². The van der Waals surface area contributed by atoms with Gasteiger partial charge in [-0.25, -0.2) is 4.39 Å². The van der Waals surface area contributed by atoms with Crippen LogP contribution in [0.3, 0.4) is 0 Å². The van der Waals surface area contributed by atoms with Gasteiger partial charge in [0.2, 0.25) is 5.91 Å². The van der Waals surface area contributed by atoms with Crippen molar-refractivity contribution in [3.8, 4) is 0 Å². The van der Waals surface area contributed by atoms with Crippen molar-refractivity contribution < 1.29 is 14.0 Å². The summed E-state index contributed by atoms with van der Waals surface area (Å²) in [4.78, 5) is 23.3. The average molecular weight is 313 g/mol. The van der Waals surface area contributed by atoms with Crippen LogP contribution in [-0.4, -0.2) is 11.8 Å². The molecule has 0 bridgehead atoms. The Labute approximate surface area is 123 Å². The van der Waals surface area contributed by atoms with E-state index in [9.17, 15) is 14.0 Å². The standard InChI is InChI=1S/C13H10ClFN2O2S/c1-7(18)16-10-6-8(2-3-9(10)15)17-13(19)11-4-5-12(14)20-11/h2-6H,1H3,(H,16,18)(H,17,19). The lowest BCUT2D eigenvalue weighted by molar-refractivity contribution is -0.114. The highest BCUT2D eigenvalue weighted by molar-refractivity contribution is 7.18. The number of nitrogens with one attached hydrogen (secondary N) is 2. The van der Waals surface area contributed by atoms with Gasteiger partial charge < -0.3 is 10.6 Å². The lowest BCUT2D eigenvalue weighted by Gasteiger charge is -2.08. The Morgan fingerprint density at radius 3 is 2.55 bits per heavy atom. The Kier molecular flexibility index (Phi) is 4.36. The molecule has 2 N–H and O–H groups in total. The maximum atomic E-state index is 13.5. The Morgan fingerprint density at radius 1 is 1.20 bits per heavy atom. The molecule has 1 aromatic carbocycles. The molecule has 1 aromatic heterocycles. The van der Waals surface area contributed by atoms with E-state index in [1.807, 2.05) is 0 Å². The van der Waals surface area contributed by atoms with Gasteiger partial charge in [-0.2, -0.15) is 0 Å².